The third kappa shape index (κ3) is 8.60. The monoisotopic (exact) mass is 642 g/mol. The highest BCUT2D eigenvalue weighted by Crippen LogP contribution is 2.34. The molecule has 3 amide bonds. The lowest BCUT2D eigenvalue weighted by Gasteiger charge is -2.27. The summed E-state index contributed by atoms with van der Waals surface area (Å²) in [6.07, 6.45) is 0.688. The number of hydrogen-bond acceptors (Lipinski definition) is 7. The highest BCUT2D eigenvalue weighted by atomic mass is 16.7. The molecule has 5 rings (SSSR count). The van der Waals surface area contributed by atoms with Gasteiger partial charge in [-0.2, -0.15) is 0 Å². The average molecular weight is 643 g/mol. The molecule has 0 aromatic heterocycles. The second kappa shape index (κ2) is 14.1. The van der Waals surface area contributed by atoms with E-state index < -0.39 is 17.9 Å². The van der Waals surface area contributed by atoms with Gasteiger partial charge in [-0.1, -0.05) is 50.6 Å². The number of carboxylic acids is 1. The Hall–Kier alpha value is -5.06. The third-order valence-electron chi connectivity index (χ3n) is 8.13. The van der Waals surface area contributed by atoms with Gasteiger partial charge in [-0.25, -0.2) is 0 Å². The number of amides is 3. The lowest BCUT2D eigenvalue weighted by molar-refractivity contribution is -0.137. The van der Waals surface area contributed by atoms with Crippen LogP contribution in [0, 0.1) is 12.3 Å². The zero-order chi connectivity index (χ0) is 33.7. The summed E-state index contributed by atoms with van der Waals surface area (Å²) in [5.41, 5.74) is 3.49. The summed E-state index contributed by atoms with van der Waals surface area (Å²) in [7, 11) is 0. The number of carbonyl (C=O) groups is 4. The molecular weight excluding hydrogens is 600 g/mol. The normalized spacial score (nSPS) is 15.1. The van der Waals surface area contributed by atoms with Crippen LogP contribution in [-0.2, 0) is 9.59 Å². The number of ether oxygens (including phenoxy) is 2. The fourth-order valence-electron chi connectivity index (χ4n) is 5.77. The van der Waals surface area contributed by atoms with Crippen molar-refractivity contribution in [1.82, 2.24) is 10.2 Å². The van der Waals surface area contributed by atoms with E-state index in [0.717, 1.165) is 11.3 Å². The summed E-state index contributed by atoms with van der Waals surface area (Å²) >= 11 is 0. The van der Waals surface area contributed by atoms with Gasteiger partial charge in [0, 0.05) is 43.7 Å². The molecule has 1 unspecified atom stereocenters. The molecule has 3 aromatic carbocycles. The maximum absolute atomic E-state index is 13.5. The standard InChI is InChI=1S/C36H42N4O7/c1-23-6-8-24(9-7-23)27(20-33(42)43)38-34(44)25-10-12-29(28(18-25)37-32(41)21-36(2,3)4)39-14-5-15-40(17-16-39)35(45)26-11-13-30-31(19-26)47-22-46-30/h6-13,18-19,27H,5,14-17,20-22H2,1-4H3,(H,37,41)(H,38,44)(H,42,43). The Labute approximate surface area is 274 Å². The van der Waals surface area contributed by atoms with Gasteiger partial charge in [0.1, 0.15) is 0 Å². The van der Waals surface area contributed by atoms with Gasteiger partial charge in [-0.3, -0.25) is 19.2 Å². The first kappa shape index (κ1) is 33.3. The summed E-state index contributed by atoms with van der Waals surface area (Å²) in [5.74, 6) is -0.594. The van der Waals surface area contributed by atoms with E-state index in [-0.39, 0.29) is 42.4 Å². The van der Waals surface area contributed by atoms with E-state index in [1.165, 1.54) is 0 Å². The van der Waals surface area contributed by atoms with Crippen LogP contribution in [0.2, 0.25) is 0 Å². The SMILES string of the molecule is Cc1ccc(C(CC(=O)O)NC(=O)c2ccc(N3CCCN(C(=O)c4ccc5c(c4)OCO5)CC3)c(NC(=O)CC(C)(C)C)c2)cc1. The van der Waals surface area contributed by atoms with Crippen molar-refractivity contribution in [2.75, 3.05) is 43.2 Å². The molecule has 2 aliphatic heterocycles. The van der Waals surface area contributed by atoms with Gasteiger partial charge >= 0.3 is 5.97 Å². The van der Waals surface area contributed by atoms with Crippen molar-refractivity contribution in [3.63, 3.8) is 0 Å². The summed E-state index contributed by atoms with van der Waals surface area (Å²) < 4.78 is 10.8. The highest BCUT2D eigenvalue weighted by molar-refractivity contribution is 6.00. The first-order valence-corrected chi connectivity index (χ1v) is 15.8. The molecule has 1 fully saturated rings. The van der Waals surface area contributed by atoms with Crippen LogP contribution in [0.15, 0.2) is 60.7 Å². The van der Waals surface area contributed by atoms with Crippen LogP contribution >= 0.6 is 0 Å². The van der Waals surface area contributed by atoms with Gasteiger partial charge < -0.3 is 35.0 Å². The van der Waals surface area contributed by atoms with E-state index in [1.807, 2.05) is 56.9 Å². The van der Waals surface area contributed by atoms with Crippen molar-refractivity contribution in [1.29, 1.82) is 0 Å². The number of nitrogens with one attached hydrogen (secondary N) is 2. The van der Waals surface area contributed by atoms with Gasteiger partial charge in [0.2, 0.25) is 12.7 Å². The lowest BCUT2D eigenvalue weighted by Crippen LogP contribution is -2.35. The number of aliphatic carboxylic acids is 1. The zero-order valence-corrected chi connectivity index (χ0v) is 27.3. The summed E-state index contributed by atoms with van der Waals surface area (Å²) in [6.45, 7) is 10.2. The fourth-order valence-corrected chi connectivity index (χ4v) is 5.77. The van der Waals surface area contributed by atoms with Gasteiger partial charge in [-0.05, 0) is 60.7 Å². The second-order valence-corrected chi connectivity index (χ2v) is 13.3. The number of anilines is 2. The number of rotatable bonds is 9. The Morgan fingerprint density at radius 1 is 0.872 bits per heavy atom. The van der Waals surface area contributed by atoms with Gasteiger partial charge in [0.05, 0.1) is 23.8 Å². The van der Waals surface area contributed by atoms with Crippen LogP contribution in [0.25, 0.3) is 0 Å². The Balaban J connectivity index is 1.36. The molecule has 11 nitrogen and oxygen atoms in total. The molecule has 3 aromatic rings. The van der Waals surface area contributed by atoms with Crippen molar-refractivity contribution in [2.24, 2.45) is 5.41 Å². The maximum Gasteiger partial charge on any atom is 0.305 e. The molecule has 2 heterocycles. The minimum absolute atomic E-state index is 0.0969. The first-order chi connectivity index (χ1) is 22.4. The summed E-state index contributed by atoms with van der Waals surface area (Å²) in [6, 6.07) is 16.9. The van der Waals surface area contributed by atoms with E-state index >= 15 is 0 Å². The molecule has 2 aliphatic rings. The number of carbonyl (C=O) groups excluding carboxylic acids is 3. The predicted octanol–water partition coefficient (Wildman–Crippen LogP) is 5.40. The number of fused-ring (bicyclic) bond motifs is 1. The van der Waals surface area contributed by atoms with Crippen molar-refractivity contribution >= 4 is 35.1 Å². The lowest BCUT2D eigenvalue weighted by atomic mass is 9.92. The molecule has 47 heavy (non-hydrogen) atoms. The molecule has 1 saturated heterocycles. The number of aryl methyl sites for hydroxylation is 1. The van der Waals surface area contributed by atoms with Crippen molar-refractivity contribution in [3.8, 4) is 11.5 Å². The molecule has 0 radical (unpaired) electrons. The molecule has 0 bridgehead atoms. The summed E-state index contributed by atoms with van der Waals surface area (Å²) in [5, 5.41) is 15.4. The van der Waals surface area contributed by atoms with Gasteiger partial charge in [0.15, 0.2) is 11.5 Å². The first-order valence-electron chi connectivity index (χ1n) is 15.8. The Kier molecular flexibility index (Phi) is 10.0. The van der Waals surface area contributed by atoms with Gasteiger partial charge in [-0.15, -0.1) is 0 Å². The van der Waals surface area contributed by atoms with Crippen LogP contribution < -0.4 is 25.0 Å². The molecule has 11 heteroatoms. The Morgan fingerprint density at radius 3 is 2.32 bits per heavy atom. The highest BCUT2D eigenvalue weighted by Gasteiger charge is 2.26. The molecule has 1 atom stereocenters. The quantitative estimate of drug-likeness (QED) is 0.282. The minimum Gasteiger partial charge on any atom is -0.481 e. The smallest absolute Gasteiger partial charge is 0.305 e. The largest absolute Gasteiger partial charge is 0.481 e. The third-order valence-corrected chi connectivity index (χ3v) is 8.13. The number of benzene rings is 3. The van der Waals surface area contributed by atoms with Crippen LogP contribution in [-0.4, -0.2) is 66.7 Å². The summed E-state index contributed by atoms with van der Waals surface area (Å²) in [4.78, 5) is 55.6. The zero-order valence-electron chi connectivity index (χ0n) is 27.3. The molecule has 0 aliphatic carbocycles. The predicted molar refractivity (Wildman–Crippen MR) is 178 cm³/mol. The van der Waals surface area contributed by atoms with Crippen LogP contribution in [0.1, 0.15) is 77.9 Å². The minimum atomic E-state index is -1.03. The van der Waals surface area contributed by atoms with Crippen molar-refractivity contribution in [2.45, 2.75) is 53.0 Å². The van der Waals surface area contributed by atoms with E-state index in [9.17, 15) is 24.3 Å². The molecule has 3 N–H and O–H groups in total. The van der Waals surface area contributed by atoms with E-state index in [0.29, 0.717) is 60.9 Å². The fraction of sp³-hybridized carbons (Fsp3) is 0.389. The van der Waals surface area contributed by atoms with Crippen LogP contribution in [0.3, 0.4) is 0 Å². The Bertz CT molecular complexity index is 1650. The molecule has 0 spiro atoms. The molecule has 248 valence electrons. The average Bonchev–Trinajstić information content (AvgIpc) is 3.35. The molecule has 0 saturated carbocycles. The van der Waals surface area contributed by atoms with E-state index in [4.69, 9.17) is 9.47 Å². The number of carboxylic acid groups (broad SMARTS) is 1. The number of hydrogen-bond donors (Lipinski definition) is 3. The van der Waals surface area contributed by atoms with Gasteiger partial charge in [0.25, 0.3) is 11.8 Å². The van der Waals surface area contributed by atoms with E-state index in [1.54, 1.807) is 36.4 Å². The van der Waals surface area contributed by atoms with Crippen molar-refractivity contribution in [3.05, 3.63) is 82.9 Å². The Morgan fingerprint density at radius 2 is 1.60 bits per heavy atom. The van der Waals surface area contributed by atoms with E-state index in [2.05, 4.69) is 15.5 Å². The topological polar surface area (TPSA) is 138 Å². The molecular formula is C36H42N4O7. The van der Waals surface area contributed by atoms with Crippen LogP contribution in [0.5, 0.6) is 11.5 Å². The maximum atomic E-state index is 13.5. The second-order valence-electron chi connectivity index (χ2n) is 13.3. The number of nitrogens with zero attached hydrogens (tertiary/aromatic N) is 2. The van der Waals surface area contributed by atoms with Crippen LogP contribution in [0.4, 0.5) is 11.4 Å². The van der Waals surface area contributed by atoms with Crippen molar-refractivity contribution < 1.29 is 33.8 Å².